The van der Waals surface area contributed by atoms with Crippen LogP contribution in [0.5, 0.6) is 0 Å². The predicted molar refractivity (Wildman–Crippen MR) is 63.7 cm³/mol. The molecule has 0 amide bonds. The Kier molecular flexibility index (Phi) is 6.93. The average molecular weight is 260 g/mol. The van der Waals surface area contributed by atoms with E-state index in [2.05, 4.69) is 0 Å². The summed E-state index contributed by atoms with van der Waals surface area (Å²) < 4.78 is 4.86. The molecule has 0 saturated carbocycles. The maximum Gasteiger partial charge on any atom is 0.323 e. The Morgan fingerprint density at radius 3 is 2.41 bits per heavy atom. The molecule has 0 aliphatic rings. The topological polar surface area (TPSA) is 89.6 Å². The zero-order chi connectivity index (χ0) is 12.0. The minimum Gasteiger partial charge on any atom is -0.481 e. The summed E-state index contributed by atoms with van der Waals surface area (Å²) in [4.78, 5) is 21.5. The second-order valence-corrected chi connectivity index (χ2v) is 3.30. The number of esters is 1. The van der Waals surface area contributed by atoms with Crippen LogP contribution in [0, 0.1) is 0 Å². The van der Waals surface area contributed by atoms with E-state index in [4.69, 9.17) is 15.6 Å². The van der Waals surface area contributed by atoms with Crippen LogP contribution < -0.4 is 5.73 Å². The highest BCUT2D eigenvalue weighted by Crippen LogP contribution is 2.02. The predicted octanol–water partition coefficient (Wildman–Crippen LogP) is 0.954. The number of nitrogens with two attached hydrogens (primary N) is 1. The molecular formula is C11H14ClNO4. The summed E-state index contributed by atoms with van der Waals surface area (Å²) in [7, 11) is 0. The van der Waals surface area contributed by atoms with Crippen LogP contribution in [0.15, 0.2) is 30.3 Å². The van der Waals surface area contributed by atoms with Gasteiger partial charge in [-0.3, -0.25) is 9.59 Å². The summed E-state index contributed by atoms with van der Waals surface area (Å²) in [6.45, 7) is 0.104. The third kappa shape index (κ3) is 5.89. The number of carbonyl (C=O) groups is 2. The molecule has 0 radical (unpaired) electrons. The third-order valence-electron chi connectivity index (χ3n) is 1.92. The molecule has 0 saturated heterocycles. The van der Waals surface area contributed by atoms with Crippen LogP contribution in [-0.4, -0.2) is 23.1 Å². The maximum atomic E-state index is 11.2. The number of benzene rings is 1. The van der Waals surface area contributed by atoms with Gasteiger partial charge in [-0.05, 0) is 5.56 Å². The van der Waals surface area contributed by atoms with Gasteiger partial charge in [0.2, 0.25) is 0 Å². The zero-order valence-corrected chi connectivity index (χ0v) is 9.85. The molecule has 1 aromatic carbocycles. The molecule has 17 heavy (non-hydrogen) atoms. The van der Waals surface area contributed by atoms with Crippen molar-refractivity contribution < 1.29 is 19.4 Å². The summed E-state index contributed by atoms with van der Waals surface area (Å²) in [6, 6.07) is 7.98. The monoisotopic (exact) mass is 259 g/mol. The van der Waals surface area contributed by atoms with Crippen molar-refractivity contribution in [3.05, 3.63) is 35.9 Å². The number of hydrogen-bond acceptors (Lipinski definition) is 4. The Morgan fingerprint density at radius 2 is 1.88 bits per heavy atom. The Labute approximate surface area is 105 Å². The van der Waals surface area contributed by atoms with Gasteiger partial charge in [-0.15, -0.1) is 12.4 Å². The first kappa shape index (κ1) is 15.4. The molecule has 0 unspecified atom stereocenters. The molecule has 0 aromatic heterocycles. The van der Waals surface area contributed by atoms with Crippen molar-refractivity contribution in [2.24, 2.45) is 5.73 Å². The van der Waals surface area contributed by atoms with Crippen LogP contribution in [0.4, 0.5) is 0 Å². The van der Waals surface area contributed by atoms with Gasteiger partial charge in [0.15, 0.2) is 0 Å². The Hall–Kier alpha value is -1.59. The van der Waals surface area contributed by atoms with Crippen molar-refractivity contribution in [1.82, 2.24) is 0 Å². The van der Waals surface area contributed by atoms with Crippen LogP contribution in [0.2, 0.25) is 0 Å². The minimum absolute atomic E-state index is 0. The van der Waals surface area contributed by atoms with Gasteiger partial charge >= 0.3 is 11.9 Å². The fourth-order valence-electron chi connectivity index (χ4n) is 1.11. The van der Waals surface area contributed by atoms with Gasteiger partial charge in [-0.25, -0.2) is 0 Å². The van der Waals surface area contributed by atoms with Gasteiger partial charge < -0.3 is 15.6 Å². The van der Waals surface area contributed by atoms with E-state index in [1.54, 1.807) is 12.1 Å². The smallest absolute Gasteiger partial charge is 0.323 e. The van der Waals surface area contributed by atoms with Crippen molar-refractivity contribution in [3.63, 3.8) is 0 Å². The molecule has 0 bridgehead atoms. The molecular weight excluding hydrogens is 246 g/mol. The first-order valence-electron chi connectivity index (χ1n) is 4.77. The summed E-state index contributed by atoms with van der Waals surface area (Å²) in [5.41, 5.74) is 6.16. The van der Waals surface area contributed by atoms with E-state index in [1.807, 2.05) is 18.2 Å². The molecule has 0 fully saturated rings. The Balaban J connectivity index is 0.00000256. The van der Waals surface area contributed by atoms with Gasteiger partial charge in [-0.1, -0.05) is 30.3 Å². The normalized spacial score (nSPS) is 11.1. The lowest BCUT2D eigenvalue weighted by atomic mass is 10.2. The highest BCUT2D eigenvalue weighted by molar-refractivity contribution is 5.85. The number of halogens is 1. The van der Waals surface area contributed by atoms with Crippen LogP contribution in [-0.2, 0) is 20.9 Å². The van der Waals surface area contributed by atoms with E-state index in [1.165, 1.54) is 0 Å². The SMILES string of the molecule is Cl.N[C@H](CC(=O)O)C(=O)OCc1ccccc1. The van der Waals surface area contributed by atoms with E-state index < -0.39 is 24.4 Å². The molecule has 0 aliphatic carbocycles. The molecule has 6 heteroatoms. The molecule has 5 nitrogen and oxygen atoms in total. The quantitative estimate of drug-likeness (QED) is 0.769. The van der Waals surface area contributed by atoms with Gasteiger partial charge in [0.25, 0.3) is 0 Å². The van der Waals surface area contributed by atoms with Gasteiger partial charge in [0, 0.05) is 0 Å². The standard InChI is InChI=1S/C11H13NO4.ClH/c12-9(6-10(13)14)11(15)16-7-8-4-2-1-3-5-8;/h1-5,9H,6-7,12H2,(H,13,14);1H/t9-;/m1./s1. The number of hydrogen-bond donors (Lipinski definition) is 2. The summed E-state index contributed by atoms with van der Waals surface area (Å²) >= 11 is 0. The van der Waals surface area contributed by atoms with E-state index in [-0.39, 0.29) is 19.0 Å². The number of carboxylic acid groups (broad SMARTS) is 1. The number of rotatable bonds is 5. The largest absolute Gasteiger partial charge is 0.481 e. The molecule has 0 heterocycles. The maximum absolute atomic E-state index is 11.2. The number of carboxylic acids is 1. The molecule has 1 rings (SSSR count). The van der Waals surface area contributed by atoms with Crippen molar-refractivity contribution >= 4 is 24.3 Å². The summed E-state index contributed by atoms with van der Waals surface area (Å²) in [5, 5.41) is 8.43. The van der Waals surface area contributed by atoms with Gasteiger partial charge in [0.05, 0.1) is 6.42 Å². The van der Waals surface area contributed by atoms with E-state index in [0.717, 1.165) is 5.56 Å². The van der Waals surface area contributed by atoms with Crippen molar-refractivity contribution in [2.45, 2.75) is 19.1 Å². The third-order valence-corrected chi connectivity index (χ3v) is 1.92. The zero-order valence-electron chi connectivity index (χ0n) is 9.04. The molecule has 3 N–H and O–H groups in total. The highest BCUT2D eigenvalue weighted by atomic mass is 35.5. The molecule has 0 aliphatic heterocycles. The lowest BCUT2D eigenvalue weighted by molar-refractivity contribution is -0.150. The van der Waals surface area contributed by atoms with Crippen LogP contribution in [0.1, 0.15) is 12.0 Å². The fourth-order valence-corrected chi connectivity index (χ4v) is 1.11. The lowest BCUT2D eigenvalue weighted by Crippen LogP contribution is -2.34. The number of carbonyl (C=O) groups excluding carboxylic acids is 1. The second kappa shape index (κ2) is 7.65. The van der Waals surface area contributed by atoms with Gasteiger partial charge in [-0.2, -0.15) is 0 Å². The van der Waals surface area contributed by atoms with Crippen molar-refractivity contribution in [3.8, 4) is 0 Å². The van der Waals surface area contributed by atoms with Crippen molar-refractivity contribution in [1.29, 1.82) is 0 Å². The van der Waals surface area contributed by atoms with E-state index >= 15 is 0 Å². The number of aliphatic carboxylic acids is 1. The molecule has 1 aromatic rings. The summed E-state index contributed by atoms with van der Waals surface area (Å²) in [6.07, 6.45) is -0.423. The molecule has 1 atom stereocenters. The number of ether oxygens (including phenoxy) is 1. The fraction of sp³-hybridized carbons (Fsp3) is 0.273. The van der Waals surface area contributed by atoms with Gasteiger partial charge in [0.1, 0.15) is 12.6 Å². The highest BCUT2D eigenvalue weighted by Gasteiger charge is 2.18. The first-order chi connectivity index (χ1) is 7.59. The van der Waals surface area contributed by atoms with Crippen molar-refractivity contribution in [2.75, 3.05) is 0 Å². The van der Waals surface area contributed by atoms with E-state index in [9.17, 15) is 9.59 Å². The lowest BCUT2D eigenvalue weighted by Gasteiger charge is -2.09. The van der Waals surface area contributed by atoms with Crippen LogP contribution >= 0.6 is 12.4 Å². The summed E-state index contributed by atoms with van der Waals surface area (Å²) in [5.74, 6) is -1.82. The minimum atomic E-state index is -1.12. The second-order valence-electron chi connectivity index (χ2n) is 3.30. The van der Waals surface area contributed by atoms with Crippen LogP contribution in [0.3, 0.4) is 0 Å². The Morgan fingerprint density at radius 1 is 1.29 bits per heavy atom. The van der Waals surface area contributed by atoms with Crippen LogP contribution in [0.25, 0.3) is 0 Å². The molecule has 0 spiro atoms. The van der Waals surface area contributed by atoms with E-state index in [0.29, 0.717) is 0 Å². The average Bonchev–Trinajstić information content (AvgIpc) is 2.26. The molecule has 94 valence electrons. The Bertz CT molecular complexity index is 369. The first-order valence-corrected chi connectivity index (χ1v) is 4.77.